The summed E-state index contributed by atoms with van der Waals surface area (Å²) in [7, 11) is 0. The summed E-state index contributed by atoms with van der Waals surface area (Å²) in [6, 6.07) is 0. The van der Waals surface area contributed by atoms with Gasteiger partial charge < -0.3 is 5.11 Å². The first-order chi connectivity index (χ1) is 6.56. The molecular formula is C13H24O2. The smallest absolute Gasteiger partial charge is 0.309 e. The van der Waals surface area contributed by atoms with Crippen molar-refractivity contribution in [3.05, 3.63) is 0 Å². The van der Waals surface area contributed by atoms with Crippen LogP contribution in [0.4, 0.5) is 0 Å². The van der Waals surface area contributed by atoms with Crippen LogP contribution in [-0.4, -0.2) is 11.1 Å². The van der Waals surface area contributed by atoms with E-state index in [2.05, 4.69) is 34.6 Å². The summed E-state index contributed by atoms with van der Waals surface area (Å²) in [6.07, 6.45) is 3.49. The lowest BCUT2D eigenvalue weighted by atomic mass is 9.71. The number of rotatable bonds is 2. The molecule has 1 aliphatic rings. The summed E-state index contributed by atoms with van der Waals surface area (Å²) < 4.78 is 0. The maximum absolute atomic E-state index is 11.5. The fourth-order valence-electron chi connectivity index (χ4n) is 3.09. The molecule has 0 bridgehead atoms. The summed E-state index contributed by atoms with van der Waals surface area (Å²) in [5.74, 6) is -0.594. The minimum Gasteiger partial charge on any atom is -0.481 e. The monoisotopic (exact) mass is 212 g/mol. The zero-order chi connectivity index (χ0) is 11.9. The quantitative estimate of drug-likeness (QED) is 0.757. The molecule has 1 aliphatic carbocycles. The largest absolute Gasteiger partial charge is 0.481 e. The van der Waals surface area contributed by atoms with Crippen LogP contribution in [0.25, 0.3) is 0 Å². The summed E-state index contributed by atoms with van der Waals surface area (Å²) in [5.41, 5.74) is -0.176. The Labute approximate surface area is 93.1 Å². The average molecular weight is 212 g/mol. The fourth-order valence-corrected chi connectivity index (χ4v) is 3.09. The van der Waals surface area contributed by atoms with Gasteiger partial charge in [-0.1, -0.05) is 34.6 Å². The molecule has 0 radical (unpaired) electrons. The molecule has 0 saturated heterocycles. The van der Waals surface area contributed by atoms with E-state index < -0.39 is 11.4 Å². The zero-order valence-corrected chi connectivity index (χ0v) is 10.7. The van der Waals surface area contributed by atoms with Gasteiger partial charge in [-0.2, -0.15) is 0 Å². The number of aliphatic carboxylic acids is 1. The topological polar surface area (TPSA) is 37.3 Å². The van der Waals surface area contributed by atoms with Crippen molar-refractivity contribution in [3.8, 4) is 0 Å². The highest BCUT2D eigenvalue weighted by atomic mass is 16.4. The molecule has 0 heterocycles. The third kappa shape index (κ3) is 2.96. The number of carbonyl (C=O) groups is 1. The lowest BCUT2D eigenvalue weighted by Crippen LogP contribution is -2.33. The number of hydrogen-bond donors (Lipinski definition) is 1. The van der Waals surface area contributed by atoms with E-state index in [1.807, 2.05) is 0 Å². The number of hydrogen-bond acceptors (Lipinski definition) is 1. The SMILES string of the molecule is CC(C)(C)CC1(C(=O)O)CCC(C)(C)C1. The van der Waals surface area contributed by atoms with Crippen LogP contribution in [0.3, 0.4) is 0 Å². The molecule has 1 unspecified atom stereocenters. The molecule has 88 valence electrons. The Hall–Kier alpha value is -0.530. The molecule has 0 aromatic rings. The number of carboxylic acid groups (broad SMARTS) is 1. The molecule has 1 atom stereocenters. The van der Waals surface area contributed by atoms with Crippen molar-refractivity contribution in [1.29, 1.82) is 0 Å². The Morgan fingerprint density at radius 2 is 1.80 bits per heavy atom. The number of carboxylic acids is 1. The summed E-state index contributed by atoms with van der Waals surface area (Å²) >= 11 is 0. The Morgan fingerprint density at radius 3 is 2.07 bits per heavy atom. The van der Waals surface area contributed by atoms with Crippen LogP contribution in [0.2, 0.25) is 0 Å². The first-order valence-corrected chi connectivity index (χ1v) is 5.80. The van der Waals surface area contributed by atoms with Gasteiger partial charge in [-0.05, 0) is 36.5 Å². The van der Waals surface area contributed by atoms with Crippen molar-refractivity contribution >= 4 is 5.97 Å². The first-order valence-electron chi connectivity index (χ1n) is 5.80. The standard InChI is InChI=1S/C13H24O2/c1-11(2,3)8-13(10(14)15)7-6-12(4,5)9-13/h6-9H2,1-5H3,(H,14,15). The van der Waals surface area contributed by atoms with Crippen LogP contribution >= 0.6 is 0 Å². The van der Waals surface area contributed by atoms with Crippen molar-refractivity contribution in [2.24, 2.45) is 16.2 Å². The highest BCUT2D eigenvalue weighted by Crippen LogP contribution is 2.53. The van der Waals surface area contributed by atoms with Gasteiger partial charge in [-0.15, -0.1) is 0 Å². The van der Waals surface area contributed by atoms with Gasteiger partial charge in [0.15, 0.2) is 0 Å². The van der Waals surface area contributed by atoms with Gasteiger partial charge in [-0.25, -0.2) is 0 Å². The third-order valence-electron chi connectivity index (χ3n) is 3.42. The summed E-state index contributed by atoms with van der Waals surface area (Å²) in [4.78, 5) is 11.5. The second kappa shape index (κ2) is 3.50. The molecule has 0 aliphatic heterocycles. The van der Waals surface area contributed by atoms with Crippen molar-refractivity contribution < 1.29 is 9.90 Å². The predicted molar refractivity (Wildman–Crippen MR) is 61.8 cm³/mol. The van der Waals surface area contributed by atoms with Gasteiger partial charge in [0.05, 0.1) is 5.41 Å². The van der Waals surface area contributed by atoms with E-state index in [4.69, 9.17) is 0 Å². The fraction of sp³-hybridized carbons (Fsp3) is 0.923. The summed E-state index contributed by atoms with van der Waals surface area (Å²) in [5, 5.41) is 9.46. The lowest BCUT2D eigenvalue weighted by Gasteiger charge is -2.33. The van der Waals surface area contributed by atoms with E-state index in [0.717, 1.165) is 25.7 Å². The second-order valence-corrected chi connectivity index (χ2v) is 7.16. The summed E-state index contributed by atoms with van der Waals surface area (Å²) in [6.45, 7) is 10.7. The van der Waals surface area contributed by atoms with Crippen molar-refractivity contribution in [2.75, 3.05) is 0 Å². The average Bonchev–Trinajstić information content (AvgIpc) is 2.23. The third-order valence-corrected chi connectivity index (χ3v) is 3.42. The second-order valence-electron chi connectivity index (χ2n) is 7.16. The van der Waals surface area contributed by atoms with Crippen molar-refractivity contribution in [2.45, 2.75) is 60.3 Å². The molecule has 0 amide bonds. The molecule has 0 aromatic heterocycles. The van der Waals surface area contributed by atoms with Gasteiger partial charge in [-0.3, -0.25) is 4.79 Å². The van der Waals surface area contributed by atoms with Crippen LogP contribution in [0, 0.1) is 16.2 Å². The van der Waals surface area contributed by atoms with Crippen LogP contribution in [-0.2, 0) is 4.79 Å². The maximum atomic E-state index is 11.5. The first kappa shape index (κ1) is 12.5. The van der Waals surface area contributed by atoms with Gasteiger partial charge >= 0.3 is 5.97 Å². The molecule has 0 spiro atoms. The minimum absolute atomic E-state index is 0.0960. The molecular weight excluding hydrogens is 188 g/mol. The molecule has 1 saturated carbocycles. The van der Waals surface area contributed by atoms with Crippen molar-refractivity contribution in [3.63, 3.8) is 0 Å². The van der Waals surface area contributed by atoms with Gasteiger partial charge in [0, 0.05) is 0 Å². The molecule has 0 aromatic carbocycles. The van der Waals surface area contributed by atoms with Crippen LogP contribution in [0.15, 0.2) is 0 Å². The van der Waals surface area contributed by atoms with E-state index in [1.165, 1.54) is 0 Å². The normalized spacial score (nSPS) is 30.5. The van der Waals surface area contributed by atoms with E-state index in [1.54, 1.807) is 0 Å². The highest BCUT2D eigenvalue weighted by Gasteiger charge is 2.50. The lowest BCUT2D eigenvalue weighted by molar-refractivity contribution is -0.151. The Kier molecular flexibility index (Phi) is 2.92. The maximum Gasteiger partial charge on any atom is 0.309 e. The van der Waals surface area contributed by atoms with E-state index >= 15 is 0 Å². The predicted octanol–water partition coefficient (Wildman–Crippen LogP) is 3.70. The van der Waals surface area contributed by atoms with Crippen LogP contribution in [0.1, 0.15) is 60.3 Å². The van der Waals surface area contributed by atoms with Crippen LogP contribution in [0.5, 0.6) is 0 Å². The zero-order valence-electron chi connectivity index (χ0n) is 10.7. The van der Waals surface area contributed by atoms with Gasteiger partial charge in [0.1, 0.15) is 0 Å². The van der Waals surface area contributed by atoms with Crippen LogP contribution < -0.4 is 0 Å². The molecule has 2 heteroatoms. The minimum atomic E-state index is -0.594. The highest BCUT2D eigenvalue weighted by molar-refractivity contribution is 5.75. The van der Waals surface area contributed by atoms with Gasteiger partial charge in [0.25, 0.3) is 0 Å². The van der Waals surface area contributed by atoms with Gasteiger partial charge in [0.2, 0.25) is 0 Å². The molecule has 15 heavy (non-hydrogen) atoms. The Bertz CT molecular complexity index is 260. The van der Waals surface area contributed by atoms with E-state index in [-0.39, 0.29) is 10.8 Å². The molecule has 1 fully saturated rings. The Morgan fingerprint density at radius 1 is 1.27 bits per heavy atom. The Balaban J connectivity index is 2.88. The van der Waals surface area contributed by atoms with Crippen molar-refractivity contribution in [1.82, 2.24) is 0 Å². The molecule has 2 nitrogen and oxygen atoms in total. The van der Waals surface area contributed by atoms with E-state index in [0.29, 0.717) is 0 Å². The van der Waals surface area contributed by atoms with E-state index in [9.17, 15) is 9.90 Å². The molecule has 1 N–H and O–H groups in total. The molecule has 1 rings (SSSR count).